The molecule has 142 valence electrons. The Hall–Kier alpha value is -1.22. The van der Waals surface area contributed by atoms with Crippen molar-refractivity contribution in [2.45, 2.75) is 11.4 Å². The number of hydrogen-bond acceptors (Lipinski definition) is 5. The normalized spacial score (nSPS) is 16.8. The molecular weight excluding hydrogens is 425 g/mol. The van der Waals surface area contributed by atoms with E-state index in [0.29, 0.717) is 36.2 Å². The largest absolute Gasteiger partial charge is 0.294 e. The van der Waals surface area contributed by atoms with E-state index in [-0.39, 0.29) is 4.90 Å². The first kappa shape index (κ1) is 19.1. The lowest BCUT2D eigenvalue weighted by Crippen LogP contribution is -2.48. The molecule has 0 aliphatic carbocycles. The monoisotopic (exact) mass is 441 g/mol. The third-order valence-electron chi connectivity index (χ3n) is 4.50. The third kappa shape index (κ3) is 4.13. The third-order valence-corrected chi connectivity index (χ3v) is 7.84. The average molecular weight is 442 g/mol. The number of thiazole rings is 1. The van der Waals surface area contributed by atoms with Gasteiger partial charge in [-0.05, 0) is 30.3 Å². The summed E-state index contributed by atoms with van der Waals surface area (Å²) >= 11 is 13.6. The van der Waals surface area contributed by atoms with Gasteiger partial charge in [0.1, 0.15) is 5.01 Å². The summed E-state index contributed by atoms with van der Waals surface area (Å²) in [7, 11) is -3.60. The smallest absolute Gasteiger partial charge is 0.243 e. The zero-order chi connectivity index (χ0) is 19.0. The van der Waals surface area contributed by atoms with Gasteiger partial charge < -0.3 is 0 Å². The van der Waals surface area contributed by atoms with Gasteiger partial charge in [0.25, 0.3) is 0 Å². The Morgan fingerprint density at radius 1 is 1.00 bits per heavy atom. The van der Waals surface area contributed by atoms with Gasteiger partial charge in [0.15, 0.2) is 0 Å². The minimum Gasteiger partial charge on any atom is -0.294 e. The van der Waals surface area contributed by atoms with Crippen LogP contribution in [0.15, 0.2) is 47.4 Å². The number of para-hydroxylation sites is 1. The maximum Gasteiger partial charge on any atom is 0.243 e. The molecule has 1 aliphatic heterocycles. The Balaban J connectivity index is 1.43. The van der Waals surface area contributed by atoms with E-state index in [1.54, 1.807) is 11.3 Å². The van der Waals surface area contributed by atoms with E-state index in [2.05, 4.69) is 16.0 Å². The van der Waals surface area contributed by atoms with E-state index in [9.17, 15) is 8.42 Å². The summed E-state index contributed by atoms with van der Waals surface area (Å²) in [5, 5.41) is 1.68. The lowest BCUT2D eigenvalue weighted by Gasteiger charge is -2.33. The summed E-state index contributed by atoms with van der Waals surface area (Å²) in [6.45, 7) is 2.90. The van der Waals surface area contributed by atoms with Crippen LogP contribution in [0.2, 0.25) is 10.0 Å². The van der Waals surface area contributed by atoms with Crippen LogP contribution in [0.4, 0.5) is 0 Å². The summed E-state index contributed by atoms with van der Waals surface area (Å²) in [6.07, 6.45) is 0. The van der Waals surface area contributed by atoms with Crippen molar-refractivity contribution < 1.29 is 8.42 Å². The van der Waals surface area contributed by atoms with Gasteiger partial charge in [-0.2, -0.15) is 4.31 Å². The predicted octanol–water partition coefficient (Wildman–Crippen LogP) is 4.11. The van der Waals surface area contributed by atoms with Gasteiger partial charge in [-0.1, -0.05) is 35.3 Å². The Bertz CT molecular complexity index is 1020. The van der Waals surface area contributed by atoms with Crippen molar-refractivity contribution in [3.63, 3.8) is 0 Å². The molecule has 0 unspecified atom stereocenters. The number of fused-ring (bicyclic) bond motifs is 1. The number of sulfonamides is 1. The van der Waals surface area contributed by atoms with Gasteiger partial charge in [0.2, 0.25) is 10.0 Å². The predicted molar refractivity (Wildman–Crippen MR) is 110 cm³/mol. The van der Waals surface area contributed by atoms with Crippen molar-refractivity contribution in [3.05, 3.63) is 57.5 Å². The summed E-state index contributed by atoms with van der Waals surface area (Å²) in [5.74, 6) is 0. The average Bonchev–Trinajstić information content (AvgIpc) is 3.03. The van der Waals surface area contributed by atoms with Crippen LogP contribution in [-0.2, 0) is 16.6 Å². The van der Waals surface area contributed by atoms with Crippen LogP contribution in [0.25, 0.3) is 10.2 Å². The molecule has 9 heteroatoms. The van der Waals surface area contributed by atoms with Crippen molar-refractivity contribution in [2.75, 3.05) is 26.2 Å². The molecule has 0 bridgehead atoms. The van der Waals surface area contributed by atoms with Crippen molar-refractivity contribution in [2.24, 2.45) is 0 Å². The van der Waals surface area contributed by atoms with Crippen molar-refractivity contribution in [1.29, 1.82) is 0 Å². The fourth-order valence-corrected chi connectivity index (χ4v) is 6.29. The standard InChI is InChI=1S/C18H17Cl2N3O2S2/c19-13-9-14(20)11-15(10-13)27(24,25)23-7-5-22(6-8-23)12-18-21-16-3-1-2-4-17(16)26-18/h1-4,9-11H,5-8,12H2. The minimum atomic E-state index is -3.60. The van der Waals surface area contributed by atoms with Gasteiger partial charge in [-0.25, -0.2) is 13.4 Å². The van der Waals surface area contributed by atoms with Gasteiger partial charge >= 0.3 is 0 Å². The number of piperazine rings is 1. The molecule has 2 aromatic carbocycles. The van der Waals surface area contributed by atoms with Crippen LogP contribution in [0.3, 0.4) is 0 Å². The van der Waals surface area contributed by atoms with Crippen LogP contribution in [-0.4, -0.2) is 48.8 Å². The second kappa shape index (κ2) is 7.66. The Morgan fingerprint density at radius 3 is 2.33 bits per heavy atom. The summed E-state index contributed by atoms with van der Waals surface area (Å²) in [5.41, 5.74) is 1.01. The molecule has 1 saturated heterocycles. The molecule has 0 atom stereocenters. The Morgan fingerprint density at radius 2 is 1.67 bits per heavy atom. The molecule has 1 fully saturated rings. The highest BCUT2D eigenvalue weighted by Gasteiger charge is 2.29. The highest BCUT2D eigenvalue weighted by atomic mass is 35.5. The summed E-state index contributed by atoms with van der Waals surface area (Å²) in [4.78, 5) is 7.03. The van der Waals surface area contributed by atoms with Crippen LogP contribution in [0.1, 0.15) is 5.01 Å². The molecular formula is C18H17Cl2N3O2S2. The van der Waals surface area contributed by atoms with E-state index in [0.717, 1.165) is 17.1 Å². The molecule has 5 nitrogen and oxygen atoms in total. The van der Waals surface area contributed by atoms with Crippen LogP contribution in [0, 0.1) is 0 Å². The quantitative estimate of drug-likeness (QED) is 0.610. The minimum absolute atomic E-state index is 0.139. The van der Waals surface area contributed by atoms with Gasteiger partial charge in [0, 0.05) is 36.2 Å². The number of benzene rings is 2. The number of halogens is 2. The molecule has 0 N–H and O–H groups in total. The highest BCUT2D eigenvalue weighted by Crippen LogP contribution is 2.26. The molecule has 4 rings (SSSR count). The zero-order valence-electron chi connectivity index (χ0n) is 14.3. The topological polar surface area (TPSA) is 53.5 Å². The lowest BCUT2D eigenvalue weighted by molar-refractivity contribution is 0.181. The van der Waals surface area contributed by atoms with E-state index in [1.807, 2.05) is 18.2 Å². The molecule has 0 radical (unpaired) electrons. The van der Waals surface area contributed by atoms with Crippen LogP contribution >= 0.6 is 34.5 Å². The van der Waals surface area contributed by atoms with Crippen molar-refractivity contribution in [1.82, 2.24) is 14.2 Å². The molecule has 2 heterocycles. The van der Waals surface area contributed by atoms with Crippen molar-refractivity contribution >= 4 is 54.8 Å². The number of aromatic nitrogens is 1. The molecule has 3 aromatic rings. The number of nitrogens with zero attached hydrogens (tertiary/aromatic N) is 3. The zero-order valence-corrected chi connectivity index (χ0v) is 17.5. The van der Waals surface area contributed by atoms with Gasteiger partial charge in [0.05, 0.1) is 21.7 Å². The van der Waals surface area contributed by atoms with E-state index >= 15 is 0 Å². The summed E-state index contributed by atoms with van der Waals surface area (Å²) in [6, 6.07) is 12.5. The molecule has 27 heavy (non-hydrogen) atoms. The first-order chi connectivity index (χ1) is 12.9. The first-order valence-corrected chi connectivity index (χ1v) is 11.5. The maximum absolute atomic E-state index is 12.9. The molecule has 0 saturated carbocycles. The first-order valence-electron chi connectivity index (χ1n) is 8.45. The SMILES string of the molecule is O=S(=O)(c1cc(Cl)cc(Cl)c1)N1CCN(Cc2nc3ccccc3s2)CC1. The maximum atomic E-state index is 12.9. The molecule has 0 spiro atoms. The Labute approximate surface area is 172 Å². The molecule has 1 aliphatic rings. The van der Waals surface area contributed by atoms with Crippen molar-refractivity contribution in [3.8, 4) is 0 Å². The second-order valence-corrected chi connectivity index (χ2v) is 10.3. The van der Waals surface area contributed by atoms with E-state index in [1.165, 1.54) is 27.2 Å². The second-order valence-electron chi connectivity index (χ2n) is 6.36. The lowest BCUT2D eigenvalue weighted by atomic mass is 10.3. The van der Waals surface area contributed by atoms with E-state index < -0.39 is 10.0 Å². The fraction of sp³-hybridized carbons (Fsp3) is 0.278. The number of hydrogen-bond donors (Lipinski definition) is 0. The summed E-state index contributed by atoms with van der Waals surface area (Å²) < 4.78 is 28.4. The van der Waals surface area contributed by atoms with E-state index in [4.69, 9.17) is 23.2 Å². The van der Waals surface area contributed by atoms with Crippen LogP contribution in [0.5, 0.6) is 0 Å². The molecule has 1 aromatic heterocycles. The van der Waals surface area contributed by atoms with Gasteiger partial charge in [-0.15, -0.1) is 11.3 Å². The fourth-order valence-electron chi connectivity index (χ4n) is 3.13. The molecule has 0 amide bonds. The van der Waals surface area contributed by atoms with Crippen LogP contribution < -0.4 is 0 Å². The highest BCUT2D eigenvalue weighted by molar-refractivity contribution is 7.89. The van der Waals surface area contributed by atoms with Gasteiger partial charge in [-0.3, -0.25) is 4.90 Å². The number of rotatable bonds is 4. The Kier molecular flexibility index (Phi) is 5.42.